The van der Waals surface area contributed by atoms with Crippen molar-refractivity contribution in [2.75, 3.05) is 0 Å². The van der Waals surface area contributed by atoms with Crippen molar-refractivity contribution in [1.29, 1.82) is 0 Å². The molecule has 3 aromatic rings. The first-order chi connectivity index (χ1) is 17.6. The number of nitrogens with two attached hydrogens (primary N) is 1. The molecule has 2 fully saturated rings. The van der Waals surface area contributed by atoms with Crippen LogP contribution < -0.4 is 10.3 Å². The molecule has 2 aromatic carbocycles. The predicted octanol–water partition coefficient (Wildman–Crippen LogP) is 6.03. The highest BCUT2D eigenvalue weighted by molar-refractivity contribution is 5.91. The summed E-state index contributed by atoms with van der Waals surface area (Å²) in [6.45, 7) is 3.14. The van der Waals surface area contributed by atoms with Gasteiger partial charge in [0, 0.05) is 6.92 Å². The van der Waals surface area contributed by atoms with Gasteiger partial charge in [0.2, 0.25) is 5.91 Å². The van der Waals surface area contributed by atoms with Gasteiger partial charge in [-0.3, -0.25) is 4.79 Å². The summed E-state index contributed by atoms with van der Waals surface area (Å²) in [7, 11) is 0. The van der Waals surface area contributed by atoms with Crippen LogP contribution in [0.15, 0.2) is 85.2 Å². The lowest BCUT2D eigenvalue weighted by molar-refractivity contribution is -0.692. The third kappa shape index (κ3) is 4.66. The van der Waals surface area contributed by atoms with Crippen molar-refractivity contribution in [3.05, 3.63) is 102 Å². The highest BCUT2D eigenvalue weighted by Gasteiger charge is 2.51. The van der Waals surface area contributed by atoms with Gasteiger partial charge in [-0.25, -0.2) is 9.13 Å². The number of amides is 1. The van der Waals surface area contributed by atoms with Crippen LogP contribution in [0, 0.1) is 18.8 Å². The number of hydrogen-bond acceptors (Lipinski definition) is 1. The molecule has 1 aromatic heterocycles. The van der Waals surface area contributed by atoms with Crippen molar-refractivity contribution in [2.24, 2.45) is 17.6 Å². The van der Waals surface area contributed by atoms with Gasteiger partial charge in [-0.05, 0) is 61.1 Å². The van der Waals surface area contributed by atoms with E-state index in [0.29, 0.717) is 6.04 Å². The van der Waals surface area contributed by atoms with E-state index in [1.165, 1.54) is 37.9 Å². The molecule has 4 heteroatoms. The Morgan fingerprint density at radius 2 is 1.61 bits per heavy atom. The summed E-state index contributed by atoms with van der Waals surface area (Å²) in [5, 5.41) is 0. The standard InChI is InChI=1S/C32H39N3O/c1-25-34(21-11-14-26-12-5-2-6-13-26)22-23-35(25)30-20-19-29(24-30)32(31(33)36,27-15-7-3-8-16-27)28-17-9-4-10-18-28/h3-4,7-11,14-18,22-23,26,29-30H,2,5-6,12-13,19-21,24H2,1H3,(H-,33,36)/p+1. The maximum absolute atomic E-state index is 13.4. The van der Waals surface area contributed by atoms with Gasteiger partial charge in [-0.1, -0.05) is 86.0 Å². The molecule has 36 heavy (non-hydrogen) atoms. The Morgan fingerprint density at radius 3 is 2.22 bits per heavy atom. The van der Waals surface area contributed by atoms with Gasteiger partial charge in [0.05, 0.1) is 0 Å². The van der Waals surface area contributed by atoms with Gasteiger partial charge in [0.1, 0.15) is 30.4 Å². The normalized spacial score (nSPS) is 21.2. The Hall–Kier alpha value is -3.14. The van der Waals surface area contributed by atoms with E-state index in [0.717, 1.165) is 42.9 Å². The maximum atomic E-state index is 13.4. The van der Waals surface area contributed by atoms with Crippen molar-refractivity contribution in [2.45, 2.75) is 76.3 Å². The molecular weight excluding hydrogens is 442 g/mol. The Morgan fingerprint density at radius 1 is 0.972 bits per heavy atom. The van der Waals surface area contributed by atoms with Crippen LogP contribution >= 0.6 is 0 Å². The van der Waals surface area contributed by atoms with Gasteiger partial charge in [0.15, 0.2) is 0 Å². The molecule has 2 aliphatic carbocycles. The molecule has 1 heterocycles. The molecule has 2 N–H and O–H groups in total. The first-order valence-electron chi connectivity index (χ1n) is 13.7. The number of carbonyl (C=O) groups excluding carboxylic acids is 1. The summed E-state index contributed by atoms with van der Waals surface area (Å²) in [6, 6.07) is 20.7. The molecular formula is C32H40N3O+. The minimum Gasteiger partial charge on any atom is -0.369 e. The molecule has 0 bridgehead atoms. The Bertz CT molecular complexity index is 1140. The average molecular weight is 483 g/mol. The molecule has 0 radical (unpaired) electrons. The van der Waals surface area contributed by atoms with E-state index < -0.39 is 5.41 Å². The molecule has 0 aliphatic heterocycles. The third-order valence-corrected chi connectivity index (χ3v) is 8.81. The lowest BCUT2D eigenvalue weighted by Crippen LogP contribution is -2.47. The first kappa shape index (κ1) is 24.5. The van der Waals surface area contributed by atoms with E-state index >= 15 is 0 Å². The SMILES string of the molecule is Cc1n(C2CCC(C(C(N)=O)(c3ccccc3)c3ccccc3)C2)cc[n+]1CC=CC1CCCCC1. The van der Waals surface area contributed by atoms with Crippen molar-refractivity contribution >= 4 is 5.91 Å². The molecule has 0 saturated heterocycles. The first-order valence-corrected chi connectivity index (χ1v) is 13.7. The molecule has 5 rings (SSSR count). The number of rotatable bonds is 8. The minimum absolute atomic E-state index is 0.145. The number of imidazole rings is 1. The molecule has 188 valence electrons. The van der Waals surface area contributed by atoms with Crippen molar-refractivity contribution in [3.8, 4) is 0 Å². The number of benzene rings is 2. The largest absolute Gasteiger partial charge is 0.369 e. The molecule has 4 nitrogen and oxygen atoms in total. The lowest BCUT2D eigenvalue weighted by Gasteiger charge is -2.37. The second-order valence-electron chi connectivity index (χ2n) is 10.8. The molecule has 2 atom stereocenters. The van der Waals surface area contributed by atoms with Crippen molar-refractivity contribution < 1.29 is 9.36 Å². The second kappa shape index (κ2) is 10.9. The predicted molar refractivity (Wildman–Crippen MR) is 144 cm³/mol. The number of carbonyl (C=O) groups is 1. The van der Waals surface area contributed by atoms with E-state index in [9.17, 15) is 4.79 Å². The number of aromatic nitrogens is 2. The highest BCUT2D eigenvalue weighted by Crippen LogP contribution is 2.49. The summed E-state index contributed by atoms with van der Waals surface area (Å²) in [4.78, 5) is 13.4. The monoisotopic (exact) mass is 482 g/mol. The van der Waals surface area contributed by atoms with E-state index in [1.807, 2.05) is 36.4 Å². The van der Waals surface area contributed by atoms with Crippen LogP contribution in [0.3, 0.4) is 0 Å². The zero-order chi connectivity index (χ0) is 25.0. The number of allylic oxidation sites excluding steroid dienone is 2. The summed E-state index contributed by atoms with van der Waals surface area (Å²) in [5.74, 6) is 1.93. The number of hydrogen-bond donors (Lipinski definition) is 1. The van der Waals surface area contributed by atoms with Crippen LogP contribution in [0.5, 0.6) is 0 Å². The van der Waals surface area contributed by atoms with Gasteiger partial charge >= 0.3 is 0 Å². The van der Waals surface area contributed by atoms with E-state index in [1.54, 1.807) is 0 Å². The average Bonchev–Trinajstić information content (AvgIpc) is 3.53. The quantitative estimate of drug-likeness (QED) is 0.309. The zero-order valence-corrected chi connectivity index (χ0v) is 21.6. The summed E-state index contributed by atoms with van der Waals surface area (Å²) in [6.07, 6.45) is 19.0. The van der Waals surface area contributed by atoms with Gasteiger partial charge < -0.3 is 5.73 Å². The number of nitrogens with zero attached hydrogens (tertiary/aromatic N) is 2. The lowest BCUT2D eigenvalue weighted by atomic mass is 9.64. The Kier molecular flexibility index (Phi) is 7.41. The third-order valence-electron chi connectivity index (χ3n) is 8.81. The fourth-order valence-electron chi connectivity index (χ4n) is 6.92. The summed E-state index contributed by atoms with van der Waals surface area (Å²) < 4.78 is 4.78. The van der Waals surface area contributed by atoms with Crippen LogP contribution in [0.2, 0.25) is 0 Å². The topological polar surface area (TPSA) is 51.9 Å². The number of primary amides is 1. The molecule has 2 saturated carbocycles. The van der Waals surface area contributed by atoms with Gasteiger partial charge in [0.25, 0.3) is 5.82 Å². The second-order valence-corrected chi connectivity index (χ2v) is 10.8. The van der Waals surface area contributed by atoms with Gasteiger partial charge in [-0.2, -0.15) is 0 Å². The molecule has 2 unspecified atom stereocenters. The molecule has 0 spiro atoms. The van der Waals surface area contributed by atoms with Gasteiger partial charge in [-0.15, -0.1) is 0 Å². The smallest absolute Gasteiger partial charge is 0.253 e. The fourth-order valence-corrected chi connectivity index (χ4v) is 6.92. The van der Waals surface area contributed by atoms with Crippen LogP contribution in [0.1, 0.15) is 74.4 Å². The summed E-state index contributed by atoms with van der Waals surface area (Å²) >= 11 is 0. The van der Waals surface area contributed by atoms with E-state index in [2.05, 4.69) is 64.9 Å². The minimum atomic E-state index is -0.822. The van der Waals surface area contributed by atoms with Crippen molar-refractivity contribution in [1.82, 2.24) is 4.57 Å². The van der Waals surface area contributed by atoms with Crippen molar-refractivity contribution in [3.63, 3.8) is 0 Å². The fraction of sp³-hybridized carbons (Fsp3) is 0.438. The maximum Gasteiger partial charge on any atom is 0.253 e. The Labute approximate surface area is 215 Å². The van der Waals surface area contributed by atoms with E-state index in [-0.39, 0.29) is 11.8 Å². The highest BCUT2D eigenvalue weighted by atomic mass is 16.1. The van der Waals surface area contributed by atoms with Crippen LogP contribution in [-0.2, 0) is 16.8 Å². The molecule has 2 aliphatic rings. The van der Waals surface area contributed by atoms with E-state index in [4.69, 9.17) is 5.73 Å². The van der Waals surface area contributed by atoms with Crippen LogP contribution in [0.4, 0.5) is 0 Å². The molecule has 1 amide bonds. The van der Waals surface area contributed by atoms with Crippen LogP contribution in [-0.4, -0.2) is 10.5 Å². The Balaban J connectivity index is 1.38. The zero-order valence-electron chi connectivity index (χ0n) is 21.6. The summed E-state index contributed by atoms with van der Waals surface area (Å²) in [5.41, 5.74) is 7.47. The van der Waals surface area contributed by atoms with Crippen LogP contribution in [0.25, 0.3) is 0 Å².